The van der Waals surface area contributed by atoms with Crippen LogP contribution < -0.4 is 10.6 Å². The highest BCUT2D eigenvalue weighted by atomic mass is 35.5. The molecule has 27 heavy (non-hydrogen) atoms. The van der Waals surface area contributed by atoms with Crippen LogP contribution in [0.2, 0.25) is 5.02 Å². The van der Waals surface area contributed by atoms with Crippen LogP contribution in [-0.4, -0.2) is 36.3 Å². The molecule has 2 aromatic rings. The molecular formula is C21H24ClN3O2. The Morgan fingerprint density at radius 3 is 2.48 bits per heavy atom. The number of likely N-dealkylation sites (tertiary alicyclic amines) is 1. The van der Waals surface area contributed by atoms with Gasteiger partial charge in [-0.3, -0.25) is 9.59 Å². The van der Waals surface area contributed by atoms with Crippen molar-refractivity contribution in [2.24, 2.45) is 0 Å². The highest BCUT2D eigenvalue weighted by molar-refractivity contribution is 6.31. The summed E-state index contributed by atoms with van der Waals surface area (Å²) in [6.07, 6.45) is 2.16. The number of halogens is 1. The van der Waals surface area contributed by atoms with E-state index in [2.05, 4.69) is 10.6 Å². The fourth-order valence-electron chi connectivity index (χ4n) is 3.11. The van der Waals surface area contributed by atoms with E-state index in [1.807, 2.05) is 54.3 Å². The maximum Gasteiger partial charge on any atom is 0.253 e. The number of amides is 2. The second-order valence-electron chi connectivity index (χ2n) is 6.74. The predicted molar refractivity (Wildman–Crippen MR) is 108 cm³/mol. The minimum absolute atomic E-state index is 0.0872. The molecule has 1 saturated heterocycles. The Labute approximate surface area is 164 Å². The van der Waals surface area contributed by atoms with Crippen molar-refractivity contribution in [2.75, 3.05) is 25.0 Å². The van der Waals surface area contributed by atoms with Crippen molar-refractivity contribution >= 4 is 29.1 Å². The van der Waals surface area contributed by atoms with Gasteiger partial charge in [-0.05, 0) is 55.2 Å². The summed E-state index contributed by atoms with van der Waals surface area (Å²) < 4.78 is 0. The van der Waals surface area contributed by atoms with Crippen molar-refractivity contribution in [1.29, 1.82) is 0 Å². The summed E-state index contributed by atoms with van der Waals surface area (Å²) in [7, 11) is 0. The van der Waals surface area contributed by atoms with E-state index < -0.39 is 0 Å². The van der Waals surface area contributed by atoms with Crippen LogP contribution in [-0.2, 0) is 11.3 Å². The Bertz CT molecular complexity index is 815. The molecule has 2 aromatic carbocycles. The van der Waals surface area contributed by atoms with Gasteiger partial charge in [0.05, 0.1) is 6.54 Å². The molecule has 6 heteroatoms. The van der Waals surface area contributed by atoms with Crippen molar-refractivity contribution in [3.63, 3.8) is 0 Å². The van der Waals surface area contributed by atoms with Crippen LogP contribution in [0.4, 0.5) is 5.69 Å². The van der Waals surface area contributed by atoms with E-state index in [-0.39, 0.29) is 18.4 Å². The van der Waals surface area contributed by atoms with Gasteiger partial charge in [0.15, 0.2) is 0 Å². The number of benzene rings is 2. The summed E-state index contributed by atoms with van der Waals surface area (Å²) >= 11 is 6.08. The molecule has 2 N–H and O–H groups in total. The van der Waals surface area contributed by atoms with Crippen molar-refractivity contribution in [2.45, 2.75) is 26.3 Å². The Morgan fingerprint density at radius 2 is 1.78 bits per heavy atom. The maximum absolute atomic E-state index is 12.3. The van der Waals surface area contributed by atoms with Crippen LogP contribution in [0.3, 0.4) is 0 Å². The molecule has 1 aliphatic heterocycles. The van der Waals surface area contributed by atoms with E-state index in [1.54, 1.807) is 0 Å². The van der Waals surface area contributed by atoms with Crippen molar-refractivity contribution in [1.82, 2.24) is 10.2 Å². The molecule has 3 rings (SSSR count). The topological polar surface area (TPSA) is 61.4 Å². The molecule has 0 bridgehead atoms. The summed E-state index contributed by atoms with van der Waals surface area (Å²) in [6.45, 7) is 4.19. The zero-order valence-corrected chi connectivity index (χ0v) is 16.2. The Hall–Kier alpha value is -2.53. The third kappa shape index (κ3) is 5.01. The van der Waals surface area contributed by atoms with Gasteiger partial charge < -0.3 is 15.5 Å². The lowest BCUT2D eigenvalue weighted by molar-refractivity contribution is -0.119. The first kappa shape index (κ1) is 19.2. The molecule has 0 aliphatic carbocycles. The molecule has 0 spiro atoms. The van der Waals surface area contributed by atoms with Crippen molar-refractivity contribution < 1.29 is 9.59 Å². The first-order chi connectivity index (χ1) is 13.0. The van der Waals surface area contributed by atoms with Gasteiger partial charge in [0.25, 0.3) is 5.91 Å². The number of nitrogens with zero attached hydrogens (tertiary/aromatic N) is 1. The Morgan fingerprint density at radius 1 is 1.07 bits per heavy atom. The van der Waals surface area contributed by atoms with Gasteiger partial charge in [-0.1, -0.05) is 29.8 Å². The molecule has 0 radical (unpaired) electrons. The van der Waals surface area contributed by atoms with E-state index in [4.69, 9.17) is 11.6 Å². The van der Waals surface area contributed by atoms with Crippen molar-refractivity contribution in [3.8, 4) is 0 Å². The molecule has 0 aromatic heterocycles. The first-order valence-electron chi connectivity index (χ1n) is 9.18. The number of carbonyl (C=O) groups is 2. The summed E-state index contributed by atoms with van der Waals surface area (Å²) in [5, 5.41) is 6.65. The summed E-state index contributed by atoms with van der Waals surface area (Å²) in [6, 6.07) is 13.0. The lowest BCUT2D eigenvalue weighted by Gasteiger charge is -2.15. The lowest BCUT2D eigenvalue weighted by Crippen LogP contribution is -2.29. The smallest absolute Gasteiger partial charge is 0.253 e. The zero-order valence-electron chi connectivity index (χ0n) is 15.4. The van der Waals surface area contributed by atoms with Crippen LogP contribution in [0, 0.1) is 6.92 Å². The average Bonchev–Trinajstić information content (AvgIpc) is 3.22. The van der Waals surface area contributed by atoms with Gasteiger partial charge in [-0.25, -0.2) is 0 Å². The summed E-state index contributed by atoms with van der Waals surface area (Å²) in [5.74, 6) is -0.0178. The van der Waals surface area contributed by atoms with Gasteiger partial charge in [0.1, 0.15) is 0 Å². The largest absolute Gasteiger partial charge is 0.376 e. The van der Waals surface area contributed by atoms with Crippen LogP contribution in [0.1, 0.15) is 34.3 Å². The lowest BCUT2D eigenvalue weighted by atomic mass is 10.1. The monoisotopic (exact) mass is 385 g/mol. The van der Waals surface area contributed by atoms with E-state index in [0.29, 0.717) is 17.1 Å². The highest BCUT2D eigenvalue weighted by Gasteiger charge is 2.19. The third-order valence-electron chi connectivity index (χ3n) is 4.79. The second kappa shape index (κ2) is 8.91. The summed E-state index contributed by atoms with van der Waals surface area (Å²) in [4.78, 5) is 26.3. The predicted octanol–water partition coefficient (Wildman–Crippen LogP) is 3.61. The van der Waals surface area contributed by atoms with Crippen molar-refractivity contribution in [3.05, 3.63) is 64.2 Å². The molecular weight excluding hydrogens is 362 g/mol. The van der Waals surface area contributed by atoms with Gasteiger partial charge in [-0.2, -0.15) is 0 Å². The number of rotatable bonds is 6. The molecule has 1 aliphatic rings. The van der Waals surface area contributed by atoms with Gasteiger partial charge in [0, 0.05) is 35.9 Å². The molecule has 0 saturated carbocycles. The van der Waals surface area contributed by atoms with E-state index in [9.17, 15) is 9.59 Å². The molecule has 1 heterocycles. The van der Waals surface area contributed by atoms with Gasteiger partial charge in [0.2, 0.25) is 5.91 Å². The standard InChI is InChI=1S/C21H24ClN3O2/c1-15-18(22)5-4-6-19(15)23-14-20(26)24-13-16-7-9-17(10-8-16)21(27)25-11-2-3-12-25/h4-10,23H,2-3,11-14H2,1H3,(H,24,26). The van der Waals surface area contributed by atoms with Gasteiger partial charge in [-0.15, -0.1) is 0 Å². The van der Waals surface area contributed by atoms with Gasteiger partial charge >= 0.3 is 0 Å². The third-order valence-corrected chi connectivity index (χ3v) is 5.20. The number of hydrogen-bond acceptors (Lipinski definition) is 3. The van der Waals surface area contributed by atoms with E-state index in [1.165, 1.54) is 0 Å². The normalized spacial score (nSPS) is 13.5. The van der Waals surface area contributed by atoms with E-state index in [0.717, 1.165) is 42.7 Å². The quantitative estimate of drug-likeness (QED) is 0.798. The number of hydrogen-bond donors (Lipinski definition) is 2. The Balaban J connectivity index is 1.47. The fraction of sp³-hybridized carbons (Fsp3) is 0.333. The number of carbonyl (C=O) groups excluding carboxylic acids is 2. The Kier molecular flexibility index (Phi) is 6.35. The molecule has 0 unspecified atom stereocenters. The minimum atomic E-state index is -0.105. The molecule has 0 atom stereocenters. The molecule has 142 valence electrons. The second-order valence-corrected chi connectivity index (χ2v) is 7.15. The number of anilines is 1. The van der Waals surface area contributed by atoms with E-state index >= 15 is 0 Å². The highest BCUT2D eigenvalue weighted by Crippen LogP contribution is 2.22. The maximum atomic E-state index is 12.3. The zero-order chi connectivity index (χ0) is 19.2. The molecule has 1 fully saturated rings. The van der Waals surface area contributed by atoms with Crippen LogP contribution >= 0.6 is 11.6 Å². The minimum Gasteiger partial charge on any atom is -0.376 e. The molecule has 2 amide bonds. The SMILES string of the molecule is Cc1c(Cl)cccc1NCC(=O)NCc1ccc(C(=O)N2CCCC2)cc1. The van der Waals surface area contributed by atoms with Crippen LogP contribution in [0.5, 0.6) is 0 Å². The van der Waals surface area contributed by atoms with Crippen LogP contribution in [0.15, 0.2) is 42.5 Å². The molecule has 5 nitrogen and oxygen atoms in total. The summed E-state index contributed by atoms with van der Waals surface area (Å²) in [5.41, 5.74) is 3.43. The number of nitrogens with one attached hydrogen (secondary N) is 2. The first-order valence-corrected chi connectivity index (χ1v) is 9.56. The average molecular weight is 386 g/mol. The fourth-order valence-corrected chi connectivity index (χ4v) is 3.28. The van der Waals surface area contributed by atoms with Crippen LogP contribution in [0.25, 0.3) is 0 Å².